The van der Waals surface area contributed by atoms with Crippen LogP contribution in [0.2, 0.25) is 0 Å². The molecule has 11 heteroatoms. The molecule has 0 bridgehead atoms. The van der Waals surface area contributed by atoms with E-state index < -0.39 is 35.6 Å². The molecule has 0 radical (unpaired) electrons. The van der Waals surface area contributed by atoms with Gasteiger partial charge in [-0.1, -0.05) is 84.9 Å². The minimum Gasteiger partial charge on any atom is -0.619 e. The van der Waals surface area contributed by atoms with Gasteiger partial charge in [-0.2, -0.15) is 4.73 Å². The van der Waals surface area contributed by atoms with Gasteiger partial charge in [-0.15, -0.1) is 0 Å². The van der Waals surface area contributed by atoms with Crippen molar-refractivity contribution in [2.24, 2.45) is 5.92 Å². The third kappa shape index (κ3) is 10.5. The molecule has 0 aliphatic heterocycles. The molecule has 1 aromatic heterocycles. The molecule has 4 aromatic carbocycles. The van der Waals surface area contributed by atoms with E-state index in [0.717, 1.165) is 18.0 Å². The monoisotopic (exact) mass is 722 g/mol. The van der Waals surface area contributed by atoms with Crippen molar-refractivity contribution in [1.82, 2.24) is 4.98 Å². The molecule has 1 heterocycles. The predicted molar refractivity (Wildman–Crippen MR) is 193 cm³/mol. The van der Waals surface area contributed by atoms with Crippen LogP contribution in [0.4, 0.5) is 8.78 Å². The first-order chi connectivity index (χ1) is 25.6. The van der Waals surface area contributed by atoms with E-state index in [2.05, 4.69) is 4.98 Å². The summed E-state index contributed by atoms with van der Waals surface area (Å²) in [6.07, 6.45) is 4.40. The van der Waals surface area contributed by atoms with E-state index in [4.69, 9.17) is 14.2 Å². The van der Waals surface area contributed by atoms with Gasteiger partial charge in [-0.25, -0.2) is 18.6 Å². The largest absolute Gasteiger partial charge is 0.619 e. The Morgan fingerprint density at radius 1 is 0.698 bits per heavy atom. The first-order valence-corrected chi connectivity index (χ1v) is 17.4. The van der Waals surface area contributed by atoms with Gasteiger partial charge < -0.3 is 19.4 Å². The Bertz CT molecular complexity index is 2010. The smallest absolute Gasteiger partial charge is 0.363 e. The molecule has 274 valence electrons. The summed E-state index contributed by atoms with van der Waals surface area (Å²) in [6.45, 7) is 3.33. The third-order valence-corrected chi connectivity index (χ3v) is 9.06. The molecule has 0 N–H and O–H groups in total. The van der Waals surface area contributed by atoms with Crippen molar-refractivity contribution in [1.29, 1.82) is 0 Å². The maximum Gasteiger partial charge on any atom is 0.363 e. The highest BCUT2D eigenvalue weighted by molar-refractivity contribution is 5.86. The van der Waals surface area contributed by atoms with Crippen LogP contribution in [0.3, 0.4) is 0 Å². The zero-order valence-corrected chi connectivity index (χ0v) is 29.5. The number of hydrogen-bond acceptors (Lipinski definition) is 8. The number of benzene rings is 4. The van der Waals surface area contributed by atoms with Gasteiger partial charge in [0.2, 0.25) is 11.9 Å². The number of carbonyl (C=O) groups is 3. The van der Waals surface area contributed by atoms with Gasteiger partial charge in [0.25, 0.3) is 0 Å². The number of esters is 3. The number of ether oxygens (including phenoxy) is 3. The van der Waals surface area contributed by atoms with Crippen molar-refractivity contribution in [3.63, 3.8) is 0 Å². The molecule has 0 aliphatic carbocycles. The van der Waals surface area contributed by atoms with Crippen LogP contribution in [0.25, 0.3) is 22.3 Å². The van der Waals surface area contributed by atoms with Crippen LogP contribution >= 0.6 is 0 Å². The highest BCUT2D eigenvalue weighted by Gasteiger charge is 2.23. The fraction of sp³-hybridized carbons (Fsp3) is 0.262. The summed E-state index contributed by atoms with van der Waals surface area (Å²) in [6, 6.07) is 27.6. The fourth-order valence-corrected chi connectivity index (χ4v) is 5.81. The number of aromatic nitrogens is 2. The van der Waals surface area contributed by atoms with Gasteiger partial charge in [0, 0.05) is 11.1 Å². The van der Waals surface area contributed by atoms with Crippen LogP contribution in [0.15, 0.2) is 116 Å². The minimum absolute atomic E-state index is 0.000628. The van der Waals surface area contributed by atoms with E-state index in [1.165, 1.54) is 18.3 Å². The van der Waals surface area contributed by atoms with Crippen LogP contribution in [0, 0.1) is 22.8 Å². The second-order valence-electron chi connectivity index (χ2n) is 12.7. The van der Waals surface area contributed by atoms with Gasteiger partial charge in [0.15, 0.2) is 6.20 Å². The van der Waals surface area contributed by atoms with Crippen molar-refractivity contribution in [3.8, 4) is 22.3 Å². The van der Waals surface area contributed by atoms with Crippen molar-refractivity contribution in [2.75, 3.05) is 19.8 Å². The maximum atomic E-state index is 15.1. The standard InChI is InChI=1S/C42H40F2N2O7/c1-28(31-12-14-33(15-13-31)36-10-6-7-11-37(36)43)40(47)51-23-18-30(20-25-53-42(49)39-27-46(50)22-21-45-39)19-24-52-41(48)29(2)35-17-16-34(26-38(35)44)32-8-4-3-5-9-32/h3-17,21-22,26-30H,18-20,23-25H2,1-2H3. The Labute approximate surface area is 306 Å². The quantitative estimate of drug-likeness (QED) is 0.0436. The molecule has 0 saturated carbocycles. The number of nitrogens with zero attached hydrogens (tertiary/aromatic N) is 2. The molecule has 0 fully saturated rings. The summed E-state index contributed by atoms with van der Waals surface area (Å²) in [5, 5.41) is 11.5. The van der Waals surface area contributed by atoms with Crippen molar-refractivity contribution < 1.29 is 42.1 Å². The number of carbonyl (C=O) groups excluding carboxylic acids is 3. The Morgan fingerprint density at radius 2 is 1.30 bits per heavy atom. The molecule has 3 atom stereocenters. The summed E-state index contributed by atoms with van der Waals surface area (Å²) < 4.78 is 46.2. The van der Waals surface area contributed by atoms with Crippen LogP contribution in [-0.2, 0) is 23.8 Å². The first-order valence-electron chi connectivity index (χ1n) is 17.4. The minimum atomic E-state index is -0.857. The molecule has 0 amide bonds. The van der Waals surface area contributed by atoms with Gasteiger partial charge in [0.1, 0.15) is 11.6 Å². The Balaban J connectivity index is 1.15. The summed E-state index contributed by atoms with van der Waals surface area (Å²) in [5.74, 6) is -4.31. The summed E-state index contributed by atoms with van der Waals surface area (Å²) >= 11 is 0. The molecular formula is C42H40F2N2O7. The molecule has 5 aromatic rings. The molecule has 5 rings (SSSR count). The molecule has 9 nitrogen and oxygen atoms in total. The van der Waals surface area contributed by atoms with Crippen molar-refractivity contribution in [3.05, 3.63) is 149 Å². The van der Waals surface area contributed by atoms with E-state index in [-0.39, 0.29) is 42.8 Å². The lowest BCUT2D eigenvalue weighted by Crippen LogP contribution is -2.27. The van der Waals surface area contributed by atoms with Gasteiger partial charge >= 0.3 is 17.9 Å². The van der Waals surface area contributed by atoms with Crippen LogP contribution in [-0.4, -0.2) is 42.7 Å². The van der Waals surface area contributed by atoms with E-state index >= 15 is 4.39 Å². The molecule has 0 spiro atoms. The van der Waals surface area contributed by atoms with Gasteiger partial charge in [-0.3, -0.25) is 9.59 Å². The SMILES string of the molecule is CC(C(=O)OCCC(CCOC(=O)c1c[n+]([O-])ccn1)CCOC(=O)C(C)c1ccc(-c2ccccc2)cc1F)c1ccc(-c2ccccc2F)cc1. The number of halogens is 2. The maximum absolute atomic E-state index is 15.1. The van der Waals surface area contributed by atoms with Crippen molar-refractivity contribution in [2.45, 2.75) is 44.9 Å². The normalized spacial score (nSPS) is 12.7. The van der Waals surface area contributed by atoms with Crippen molar-refractivity contribution >= 4 is 17.9 Å². The summed E-state index contributed by atoms with van der Waals surface area (Å²) in [7, 11) is 0. The summed E-state index contributed by atoms with van der Waals surface area (Å²) in [4.78, 5) is 42.2. The second kappa shape index (κ2) is 18.5. The Morgan fingerprint density at radius 3 is 1.94 bits per heavy atom. The molecule has 3 unspecified atom stereocenters. The molecule has 0 saturated heterocycles. The van der Waals surface area contributed by atoms with E-state index in [0.29, 0.717) is 46.2 Å². The zero-order valence-electron chi connectivity index (χ0n) is 29.5. The van der Waals surface area contributed by atoms with Gasteiger partial charge in [0.05, 0.1) is 37.9 Å². The number of hydrogen-bond donors (Lipinski definition) is 0. The Hall–Kier alpha value is -5.97. The van der Waals surface area contributed by atoms with E-state index in [9.17, 15) is 24.0 Å². The lowest BCUT2D eigenvalue weighted by atomic mass is 9.96. The average Bonchev–Trinajstić information content (AvgIpc) is 3.17. The topological polar surface area (TPSA) is 119 Å². The summed E-state index contributed by atoms with van der Waals surface area (Å²) in [5.41, 5.74) is 3.48. The fourth-order valence-electron chi connectivity index (χ4n) is 5.81. The molecular weight excluding hydrogens is 682 g/mol. The molecule has 0 aliphatic rings. The lowest BCUT2D eigenvalue weighted by molar-refractivity contribution is -0.606. The highest BCUT2D eigenvalue weighted by atomic mass is 19.1. The highest BCUT2D eigenvalue weighted by Crippen LogP contribution is 2.28. The first kappa shape index (κ1) is 38.3. The van der Waals surface area contributed by atoms with E-state index in [1.54, 1.807) is 68.4 Å². The second-order valence-corrected chi connectivity index (χ2v) is 12.7. The van der Waals surface area contributed by atoms with Crippen LogP contribution in [0.1, 0.15) is 66.6 Å². The Kier molecular flexibility index (Phi) is 13.4. The average molecular weight is 723 g/mol. The van der Waals surface area contributed by atoms with Crippen LogP contribution in [0.5, 0.6) is 0 Å². The third-order valence-electron chi connectivity index (χ3n) is 9.06. The zero-order chi connectivity index (χ0) is 37.7. The van der Waals surface area contributed by atoms with Gasteiger partial charge in [-0.05, 0) is 73.4 Å². The van der Waals surface area contributed by atoms with Crippen LogP contribution < -0.4 is 4.73 Å². The number of rotatable bonds is 16. The predicted octanol–water partition coefficient (Wildman–Crippen LogP) is 7.96. The lowest BCUT2D eigenvalue weighted by Gasteiger charge is -2.19. The molecule has 53 heavy (non-hydrogen) atoms. The van der Waals surface area contributed by atoms with E-state index in [1.807, 2.05) is 30.3 Å².